The molecule has 2 aromatic heterocycles. The van der Waals surface area contributed by atoms with Gasteiger partial charge in [0.2, 0.25) is 0 Å². The van der Waals surface area contributed by atoms with E-state index in [-0.39, 0.29) is 23.9 Å². The molecule has 146 valence electrons. The molecule has 4 rings (SSSR count). The van der Waals surface area contributed by atoms with Crippen LogP contribution in [0.1, 0.15) is 41.7 Å². The lowest BCUT2D eigenvalue weighted by Gasteiger charge is -2.34. The van der Waals surface area contributed by atoms with Crippen molar-refractivity contribution in [1.29, 1.82) is 0 Å². The maximum Gasteiger partial charge on any atom is 0.253 e. The number of aliphatic hydroxyl groups excluding tert-OH is 1. The molecule has 1 amide bonds. The first-order chi connectivity index (χ1) is 13.5. The van der Waals surface area contributed by atoms with Gasteiger partial charge in [0.25, 0.3) is 5.91 Å². The Morgan fingerprint density at radius 1 is 1.36 bits per heavy atom. The van der Waals surface area contributed by atoms with E-state index in [2.05, 4.69) is 20.2 Å². The largest absolute Gasteiger partial charge is 0.393 e. The number of benzene rings is 1. The normalized spacial score (nSPS) is 16.3. The van der Waals surface area contributed by atoms with E-state index in [1.165, 1.54) is 12.1 Å². The molecule has 0 radical (unpaired) electrons. The number of amides is 1. The molecule has 7 heteroatoms. The number of hydrogen-bond acceptors (Lipinski definition) is 4. The average Bonchev–Trinajstić information content (AvgIpc) is 3.13. The summed E-state index contributed by atoms with van der Waals surface area (Å²) in [6.45, 7) is 3.26. The Bertz CT molecular complexity index is 995. The van der Waals surface area contributed by atoms with E-state index in [9.17, 15) is 14.3 Å². The van der Waals surface area contributed by atoms with E-state index in [1.54, 1.807) is 24.5 Å². The standard InChI is InChI=1S/C21H23FN4O2/c1-13(25-21(28)18-12-24-20-16(18)3-2-8-23-20)17-11-14(22)4-5-19(17)26-9-6-15(27)7-10-26/h2-5,8,11-13,15,27H,6-7,9-10H2,1H3,(H,23,24)(H,25,28). The first-order valence-corrected chi connectivity index (χ1v) is 9.48. The topological polar surface area (TPSA) is 81.2 Å². The summed E-state index contributed by atoms with van der Waals surface area (Å²) in [6.07, 6.45) is 4.38. The summed E-state index contributed by atoms with van der Waals surface area (Å²) in [4.78, 5) is 22.2. The van der Waals surface area contributed by atoms with Crippen molar-refractivity contribution < 1.29 is 14.3 Å². The Kier molecular flexibility index (Phi) is 5.00. The number of nitrogens with one attached hydrogen (secondary N) is 2. The summed E-state index contributed by atoms with van der Waals surface area (Å²) in [5, 5.41) is 13.5. The van der Waals surface area contributed by atoms with Gasteiger partial charge in [0.1, 0.15) is 11.5 Å². The Balaban J connectivity index is 1.58. The van der Waals surface area contributed by atoms with Crippen molar-refractivity contribution in [1.82, 2.24) is 15.3 Å². The zero-order valence-corrected chi connectivity index (χ0v) is 15.7. The summed E-state index contributed by atoms with van der Waals surface area (Å²) in [7, 11) is 0. The minimum absolute atomic E-state index is 0.240. The Morgan fingerprint density at radius 2 is 2.14 bits per heavy atom. The molecule has 0 aliphatic carbocycles. The fourth-order valence-corrected chi connectivity index (χ4v) is 3.76. The lowest BCUT2D eigenvalue weighted by Crippen LogP contribution is -2.37. The van der Waals surface area contributed by atoms with E-state index in [0.717, 1.165) is 16.6 Å². The van der Waals surface area contributed by atoms with Crippen molar-refractivity contribution in [2.45, 2.75) is 31.9 Å². The molecule has 3 heterocycles. The summed E-state index contributed by atoms with van der Waals surface area (Å²) < 4.78 is 14.0. The van der Waals surface area contributed by atoms with E-state index >= 15 is 0 Å². The van der Waals surface area contributed by atoms with Crippen LogP contribution in [0.3, 0.4) is 0 Å². The number of carbonyl (C=O) groups excluding carboxylic acids is 1. The Morgan fingerprint density at radius 3 is 2.93 bits per heavy atom. The van der Waals surface area contributed by atoms with Gasteiger partial charge >= 0.3 is 0 Å². The van der Waals surface area contributed by atoms with E-state index in [4.69, 9.17) is 0 Å². The number of hydrogen-bond donors (Lipinski definition) is 3. The van der Waals surface area contributed by atoms with Crippen LogP contribution in [0, 0.1) is 5.82 Å². The monoisotopic (exact) mass is 382 g/mol. The second-order valence-corrected chi connectivity index (χ2v) is 7.22. The van der Waals surface area contributed by atoms with Crippen LogP contribution in [0.4, 0.5) is 10.1 Å². The van der Waals surface area contributed by atoms with Gasteiger partial charge in [-0.05, 0) is 50.1 Å². The molecule has 1 saturated heterocycles. The van der Waals surface area contributed by atoms with Gasteiger partial charge < -0.3 is 20.3 Å². The highest BCUT2D eigenvalue weighted by molar-refractivity contribution is 6.06. The van der Waals surface area contributed by atoms with Gasteiger partial charge in [-0.1, -0.05) is 0 Å². The van der Waals surface area contributed by atoms with Gasteiger partial charge in [0.05, 0.1) is 17.7 Å². The summed E-state index contributed by atoms with van der Waals surface area (Å²) >= 11 is 0. The number of aromatic amines is 1. The van der Waals surface area contributed by atoms with Gasteiger partial charge in [0, 0.05) is 42.1 Å². The molecule has 1 unspecified atom stereocenters. The fraction of sp³-hybridized carbons (Fsp3) is 0.333. The third kappa shape index (κ3) is 3.57. The molecule has 1 aromatic carbocycles. The first-order valence-electron chi connectivity index (χ1n) is 9.48. The molecular formula is C21H23FN4O2. The number of rotatable bonds is 4. The minimum atomic E-state index is -0.383. The van der Waals surface area contributed by atoms with Crippen LogP contribution in [0.5, 0.6) is 0 Å². The highest BCUT2D eigenvalue weighted by Gasteiger charge is 2.23. The zero-order valence-electron chi connectivity index (χ0n) is 15.7. The predicted octanol–water partition coefficient (Wildman–Crippen LogP) is 3.15. The molecule has 3 aromatic rings. The SMILES string of the molecule is CC(NC(=O)c1c[nH]c2ncccc12)c1cc(F)ccc1N1CCC(O)CC1. The summed E-state index contributed by atoms with van der Waals surface area (Å²) in [5.41, 5.74) is 2.78. The van der Waals surface area contributed by atoms with Crippen LogP contribution in [0.2, 0.25) is 0 Å². The molecule has 0 saturated carbocycles. The van der Waals surface area contributed by atoms with E-state index in [0.29, 0.717) is 37.1 Å². The smallest absolute Gasteiger partial charge is 0.253 e. The number of fused-ring (bicyclic) bond motifs is 1. The van der Waals surface area contributed by atoms with Crippen LogP contribution in [0.15, 0.2) is 42.7 Å². The van der Waals surface area contributed by atoms with Crippen molar-refractivity contribution in [2.75, 3.05) is 18.0 Å². The molecule has 0 spiro atoms. The molecule has 3 N–H and O–H groups in total. The third-order valence-electron chi connectivity index (χ3n) is 5.30. The molecule has 1 aliphatic heterocycles. The number of piperidine rings is 1. The molecule has 28 heavy (non-hydrogen) atoms. The van der Waals surface area contributed by atoms with Crippen molar-refractivity contribution in [2.24, 2.45) is 0 Å². The van der Waals surface area contributed by atoms with Crippen molar-refractivity contribution >= 4 is 22.6 Å². The van der Waals surface area contributed by atoms with Crippen LogP contribution < -0.4 is 10.2 Å². The second kappa shape index (κ2) is 7.59. The van der Waals surface area contributed by atoms with Crippen LogP contribution >= 0.6 is 0 Å². The molecule has 1 atom stereocenters. The fourth-order valence-electron chi connectivity index (χ4n) is 3.76. The summed E-state index contributed by atoms with van der Waals surface area (Å²) in [6, 6.07) is 7.90. The number of H-pyrrole nitrogens is 1. The number of pyridine rings is 1. The number of halogens is 1. The van der Waals surface area contributed by atoms with Crippen LogP contribution in [-0.4, -0.2) is 40.2 Å². The maximum atomic E-state index is 14.0. The van der Waals surface area contributed by atoms with Crippen molar-refractivity contribution in [3.63, 3.8) is 0 Å². The predicted molar refractivity (Wildman–Crippen MR) is 106 cm³/mol. The van der Waals surface area contributed by atoms with Crippen molar-refractivity contribution in [3.05, 3.63) is 59.7 Å². The van der Waals surface area contributed by atoms with Crippen LogP contribution in [0.25, 0.3) is 11.0 Å². The highest BCUT2D eigenvalue weighted by atomic mass is 19.1. The van der Waals surface area contributed by atoms with Gasteiger partial charge in [-0.3, -0.25) is 4.79 Å². The molecule has 0 bridgehead atoms. The zero-order chi connectivity index (χ0) is 19.7. The number of carbonyl (C=O) groups is 1. The third-order valence-corrected chi connectivity index (χ3v) is 5.30. The van der Waals surface area contributed by atoms with E-state index in [1.807, 2.05) is 13.0 Å². The van der Waals surface area contributed by atoms with Gasteiger partial charge in [0.15, 0.2) is 0 Å². The van der Waals surface area contributed by atoms with Crippen molar-refractivity contribution in [3.8, 4) is 0 Å². The van der Waals surface area contributed by atoms with E-state index < -0.39 is 0 Å². The van der Waals surface area contributed by atoms with Gasteiger partial charge in [-0.25, -0.2) is 9.37 Å². The lowest BCUT2D eigenvalue weighted by molar-refractivity contribution is 0.0941. The van der Waals surface area contributed by atoms with Gasteiger partial charge in [-0.15, -0.1) is 0 Å². The molecule has 6 nitrogen and oxygen atoms in total. The number of aliphatic hydroxyl groups is 1. The number of aromatic nitrogens is 2. The molecular weight excluding hydrogens is 359 g/mol. The molecule has 1 aliphatic rings. The Labute approximate surface area is 162 Å². The first kappa shape index (κ1) is 18.4. The Hall–Kier alpha value is -2.93. The minimum Gasteiger partial charge on any atom is -0.393 e. The van der Waals surface area contributed by atoms with Gasteiger partial charge in [-0.2, -0.15) is 0 Å². The quantitative estimate of drug-likeness (QED) is 0.647. The highest BCUT2D eigenvalue weighted by Crippen LogP contribution is 2.30. The average molecular weight is 382 g/mol. The maximum absolute atomic E-state index is 14.0. The lowest BCUT2D eigenvalue weighted by atomic mass is 10.0. The van der Waals surface area contributed by atoms with Crippen LogP contribution in [-0.2, 0) is 0 Å². The summed E-state index contributed by atoms with van der Waals surface area (Å²) in [5.74, 6) is -0.579. The number of nitrogens with zero attached hydrogens (tertiary/aromatic N) is 2. The number of anilines is 1. The second-order valence-electron chi connectivity index (χ2n) is 7.22. The molecule has 1 fully saturated rings.